The molecule has 0 radical (unpaired) electrons. The molecule has 0 heterocycles. The van der Waals surface area contributed by atoms with Gasteiger partial charge >= 0.3 is 5.97 Å². The van der Waals surface area contributed by atoms with Gasteiger partial charge in [0.1, 0.15) is 0 Å². The Morgan fingerprint density at radius 2 is 1.78 bits per heavy atom. The van der Waals surface area contributed by atoms with E-state index < -0.39 is 5.97 Å². The number of carboxylic acid groups (broad SMARTS) is 1. The first-order chi connectivity index (χ1) is 8.52. The second kappa shape index (κ2) is 6.79. The Hall–Kier alpha value is -1.84. The van der Waals surface area contributed by atoms with Gasteiger partial charge in [0.25, 0.3) is 0 Å². The molecule has 0 aliphatic carbocycles. The minimum absolute atomic E-state index is 0.0229. The number of carbonyl (C=O) groups is 2. The molecule has 0 aliphatic rings. The van der Waals surface area contributed by atoms with Crippen molar-refractivity contribution in [2.24, 2.45) is 0 Å². The second-order valence-corrected chi connectivity index (χ2v) is 4.34. The number of nitrogens with zero attached hydrogens (tertiary/aromatic N) is 1. The Bertz CT molecular complexity index is 429. The van der Waals surface area contributed by atoms with Gasteiger partial charge in [0, 0.05) is 25.6 Å². The lowest BCUT2D eigenvalue weighted by Crippen LogP contribution is -2.26. The normalized spacial score (nSPS) is 10.1. The fraction of sp³-hybridized carbons (Fsp3) is 0.429. The van der Waals surface area contributed by atoms with Gasteiger partial charge in [0.05, 0.1) is 0 Å². The second-order valence-electron chi connectivity index (χ2n) is 4.34. The van der Waals surface area contributed by atoms with Crippen LogP contribution in [0.15, 0.2) is 24.3 Å². The van der Waals surface area contributed by atoms with Crippen LogP contribution in [0.25, 0.3) is 0 Å². The number of aliphatic carboxylic acids is 1. The third kappa shape index (κ3) is 4.20. The third-order valence-electron chi connectivity index (χ3n) is 2.88. The summed E-state index contributed by atoms with van der Waals surface area (Å²) in [5.41, 5.74) is 1.96. The van der Waals surface area contributed by atoms with Crippen LogP contribution in [0.4, 0.5) is 5.69 Å². The Balaban J connectivity index is 2.47. The van der Waals surface area contributed by atoms with Gasteiger partial charge in [-0.2, -0.15) is 0 Å². The average molecular weight is 249 g/mol. The number of amides is 1. The largest absolute Gasteiger partial charge is 0.481 e. The number of hydrogen-bond acceptors (Lipinski definition) is 2. The maximum Gasteiger partial charge on any atom is 0.303 e. The summed E-state index contributed by atoms with van der Waals surface area (Å²) >= 11 is 0. The van der Waals surface area contributed by atoms with E-state index in [0.29, 0.717) is 19.3 Å². The molecular weight excluding hydrogens is 230 g/mol. The minimum Gasteiger partial charge on any atom is -0.481 e. The van der Waals surface area contributed by atoms with Crippen LogP contribution in [0.2, 0.25) is 0 Å². The monoisotopic (exact) mass is 249 g/mol. The highest BCUT2D eigenvalue weighted by molar-refractivity contribution is 5.93. The van der Waals surface area contributed by atoms with Crippen LogP contribution in [0.5, 0.6) is 0 Å². The lowest BCUT2D eigenvalue weighted by Gasteiger charge is -2.19. The number of carbonyl (C=O) groups excluding carboxylic acids is 1. The van der Waals surface area contributed by atoms with Gasteiger partial charge in [-0.05, 0) is 31.4 Å². The summed E-state index contributed by atoms with van der Waals surface area (Å²) in [5, 5.41) is 8.51. The van der Waals surface area contributed by atoms with Crippen LogP contribution >= 0.6 is 0 Å². The predicted molar refractivity (Wildman–Crippen MR) is 70.7 cm³/mol. The van der Waals surface area contributed by atoms with Crippen molar-refractivity contribution in [3.63, 3.8) is 0 Å². The zero-order chi connectivity index (χ0) is 13.5. The molecule has 1 amide bonds. The molecule has 0 bridgehead atoms. The van der Waals surface area contributed by atoms with Crippen molar-refractivity contribution in [2.75, 3.05) is 11.9 Å². The lowest BCUT2D eigenvalue weighted by molar-refractivity contribution is -0.137. The summed E-state index contributed by atoms with van der Waals surface area (Å²) < 4.78 is 0. The van der Waals surface area contributed by atoms with Crippen LogP contribution < -0.4 is 4.90 Å². The molecule has 1 aromatic carbocycles. The third-order valence-corrected chi connectivity index (χ3v) is 2.88. The van der Waals surface area contributed by atoms with Crippen LogP contribution in [-0.4, -0.2) is 24.0 Å². The molecule has 4 heteroatoms. The molecule has 4 nitrogen and oxygen atoms in total. The molecule has 0 spiro atoms. The molecule has 18 heavy (non-hydrogen) atoms. The molecule has 1 N–H and O–H groups in total. The molecule has 0 saturated carbocycles. The van der Waals surface area contributed by atoms with Gasteiger partial charge in [0.2, 0.25) is 5.91 Å². The zero-order valence-electron chi connectivity index (χ0n) is 10.8. The van der Waals surface area contributed by atoms with Crippen molar-refractivity contribution in [3.05, 3.63) is 29.8 Å². The van der Waals surface area contributed by atoms with Gasteiger partial charge in [-0.15, -0.1) is 0 Å². The molecule has 0 aromatic heterocycles. The topological polar surface area (TPSA) is 57.6 Å². The fourth-order valence-corrected chi connectivity index (χ4v) is 1.79. The number of carboxylic acids is 1. The molecule has 0 unspecified atom stereocenters. The number of aryl methyl sites for hydroxylation is 1. The van der Waals surface area contributed by atoms with Gasteiger partial charge in [-0.25, -0.2) is 0 Å². The summed E-state index contributed by atoms with van der Waals surface area (Å²) in [6.45, 7) is 1.96. The van der Waals surface area contributed by atoms with Crippen molar-refractivity contribution in [2.45, 2.75) is 32.6 Å². The summed E-state index contributed by atoms with van der Waals surface area (Å²) in [6, 6.07) is 7.70. The van der Waals surface area contributed by atoms with Gasteiger partial charge in [0.15, 0.2) is 0 Å². The van der Waals surface area contributed by atoms with Crippen molar-refractivity contribution in [1.82, 2.24) is 0 Å². The lowest BCUT2D eigenvalue weighted by atomic mass is 10.1. The Morgan fingerprint density at radius 1 is 1.17 bits per heavy atom. The van der Waals surface area contributed by atoms with Crippen LogP contribution in [0.1, 0.15) is 31.2 Å². The number of anilines is 1. The molecule has 1 aromatic rings. The quantitative estimate of drug-likeness (QED) is 0.788. The summed E-state index contributed by atoms with van der Waals surface area (Å²) in [4.78, 5) is 23.9. The molecule has 0 fully saturated rings. The van der Waals surface area contributed by atoms with Crippen LogP contribution in [-0.2, 0) is 9.59 Å². The standard InChI is InChI=1S/C14H19NO3/c1-11-7-3-4-8-12(11)15(2)13(16)9-5-6-10-14(17)18/h3-4,7-8H,5-6,9-10H2,1-2H3,(H,17,18). The smallest absolute Gasteiger partial charge is 0.303 e. The molecule has 0 atom stereocenters. The molecule has 0 aliphatic heterocycles. The Morgan fingerprint density at radius 3 is 2.39 bits per heavy atom. The van der Waals surface area contributed by atoms with Crippen LogP contribution in [0.3, 0.4) is 0 Å². The van der Waals surface area contributed by atoms with E-state index in [2.05, 4.69) is 0 Å². The first-order valence-electron chi connectivity index (χ1n) is 6.06. The SMILES string of the molecule is Cc1ccccc1N(C)C(=O)CCCCC(=O)O. The van der Waals surface area contributed by atoms with Crippen molar-refractivity contribution < 1.29 is 14.7 Å². The van der Waals surface area contributed by atoms with E-state index in [4.69, 9.17) is 5.11 Å². The molecule has 0 saturated heterocycles. The van der Waals surface area contributed by atoms with Crippen molar-refractivity contribution in [3.8, 4) is 0 Å². The molecular formula is C14H19NO3. The highest BCUT2D eigenvalue weighted by Crippen LogP contribution is 2.19. The zero-order valence-corrected chi connectivity index (χ0v) is 10.8. The number of unbranched alkanes of at least 4 members (excludes halogenated alkanes) is 1. The minimum atomic E-state index is -0.810. The summed E-state index contributed by atoms with van der Waals surface area (Å²) in [6.07, 6.45) is 1.67. The highest BCUT2D eigenvalue weighted by atomic mass is 16.4. The number of benzene rings is 1. The number of para-hydroxylation sites is 1. The summed E-state index contributed by atoms with van der Waals surface area (Å²) in [7, 11) is 1.75. The first-order valence-corrected chi connectivity index (χ1v) is 6.06. The summed E-state index contributed by atoms with van der Waals surface area (Å²) in [5.74, 6) is -0.788. The van der Waals surface area contributed by atoms with Gasteiger partial charge in [-0.3, -0.25) is 9.59 Å². The van der Waals surface area contributed by atoms with E-state index in [1.807, 2.05) is 31.2 Å². The Labute approximate surface area is 107 Å². The van der Waals surface area contributed by atoms with Gasteiger partial charge < -0.3 is 10.0 Å². The molecule has 98 valence electrons. The Kier molecular flexibility index (Phi) is 5.36. The molecule has 1 rings (SSSR count). The van der Waals surface area contributed by atoms with E-state index in [0.717, 1.165) is 11.3 Å². The van der Waals surface area contributed by atoms with E-state index in [1.165, 1.54) is 0 Å². The van der Waals surface area contributed by atoms with Gasteiger partial charge in [-0.1, -0.05) is 18.2 Å². The fourth-order valence-electron chi connectivity index (χ4n) is 1.79. The average Bonchev–Trinajstić information content (AvgIpc) is 2.34. The van der Waals surface area contributed by atoms with E-state index in [9.17, 15) is 9.59 Å². The number of rotatable bonds is 6. The maximum absolute atomic E-state index is 11.9. The number of hydrogen-bond donors (Lipinski definition) is 1. The van der Waals surface area contributed by atoms with E-state index >= 15 is 0 Å². The van der Waals surface area contributed by atoms with Crippen LogP contribution in [0, 0.1) is 6.92 Å². The highest BCUT2D eigenvalue weighted by Gasteiger charge is 2.12. The van der Waals surface area contributed by atoms with Crippen molar-refractivity contribution >= 4 is 17.6 Å². The first kappa shape index (κ1) is 14.2. The van der Waals surface area contributed by atoms with E-state index in [-0.39, 0.29) is 12.3 Å². The van der Waals surface area contributed by atoms with Crippen molar-refractivity contribution in [1.29, 1.82) is 0 Å². The maximum atomic E-state index is 11.9. The predicted octanol–water partition coefficient (Wildman–Crippen LogP) is 2.60. The van der Waals surface area contributed by atoms with E-state index in [1.54, 1.807) is 11.9 Å².